The Morgan fingerprint density at radius 1 is 0.694 bits per heavy atom. The van der Waals surface area contributed by atoms with Crippen LogP contribution in [0.2, 0.25) is 0 Å². The first-order valence-corrected chi connectivity index (χ1v) is 12.5. The zero-order valence-corrected chi connectivity index (χ0v) is 23.7. The number of hydrogen-bond donors (Lipinski definition) is 0. The molecule has 3 aromatic carbocycles. The van der Waals surface area contributed by atoms with E-state index in [1.54, 1.807) is 6.20 Å². The predicted octanol–water partition coefficient (Wildman–Crippen LogP) is 8.76. The Kier molecular flexibility index (Phi) is 8.10. The van der Waals surface area contributed by atoms with Gasteiger partial charge in [0.2, 0.25) is 0 Å². The summed E-state index contributed by atoms with van der Waals surface area (Å²) in [7, 11) is 0. The molecule has 0 aliphatic heterocycles. The van der Waals surface area contributed by atoms with Gasteiger partial charge in [-0.1, -0.05) is 62.6 Å². The SMILES string of the molecule is CC(C)(C)c1ccc2sc3c(-c4ccccn4)[c-]ccc3c2c1.[Ir].[c-]1ccccc1-c1ccccn1. The van der Waals surface area contributed by atoms with Crippen LogP contribution in [0, 0.1) is 12.1 Å². The van der Waals surface area contributed by atoms with Crippen molar-refractivity contribution in [1.82, 2.24) is 9.97 Å². The van der Waals surface area contributed by atoms with Gasteiger partial charge in [0.25, 0.3) is 0 Å². The summed E-state index contributed by atoms with van der Waals surface area (Å²) in [5.41, 5.74) is 5.63. The maximum Gasteiger partial charge on any atom is 0.0239 e. The molecule has 0 amide bonds. The van der Waals surface area contributed by atoms with E-state index in [-0.39, 0.29) is 25.5 Å². The Labute approximate surface area is 230 Å². The maximum absolute atomic E-state index is 4.50. The number of thiophene rings is 1. The molecule has 3 aromatic heterocycles. The van der Waals surface area contributed by atoms with Crippen LogP contribution in [-0.4, -0.2) is 9.97 Å². The molecule has 4 heteroatoms. The van der Waals surface area contributed by atoms with Crippen molar-refractivity contribution in [2.24, 2.45) is 0 Å². The third kappa shape index (κ3) is 5.63. The zero-order chi connectivity index (χ0) is 24.3. The molecule has 6 aromatic rings. The van der Waals surface area contributed by atoms with Crippen LogP contribution in [-0.2, 0) is 25.5 Å². The van der Waals surface area contributed by atoms with Crippen molar-refractivity contribution in [3.05, 3.63) is 121 Å². The first-order chi connectivity index (χ1) is 17.0. The van der Waals surface area contributed by atoms with Crippen LogP contribution < -0.4 is 0 Å². The number of benzene rings is 3. The Bertz CT molecular complexity index is 1520. The van der Waals surface area contributed by atoms with E-state index in [1.165, 1.54) is 25.7 Å². The summed E-state index contributed by atoms with van der Waals surface area (Å²) in [4.78, 5) is 8.72. The molecule has 3 heterocycles. The Balaban J connectivity index is 0.000000198. The van der Waals surface area contributed by atoms with Gasteiger partial charge in [0.05, 0.1) is 0 Å². The van der Waals surface area contributed by atoms with Crippen LogP contribution in [0.15, 0.2) is 103 Å². The number of fused-ring (bicyclic) bond motifs is 3. The van der Waals surface area contributed by atoms with E-state index < -0.39 is 0 Å². The van der Waals surface area contributed by atoms with E-state index >= 15 is 0 Å². The molecule has 0 aliphatic rings. The van der Waals surface area contributed by atoms with Crippen LogP contribution in [0.1, 0.15) is 26.3 Å². The fraction of sp³-hybridized carbons (Fsp3) is 0.125. The summed E-state index contributed by atoms with van der Waals surface area (Å²) in [6, 6.07) is 37.3. The van der Waals surface area contributed by atoms with Crippen molar-refractivity contribution in [3.63, 3.8) is 0 Å². The summed E-state index contributed by atoms with van der Waals surface area (Å²) in [6.07, 6.45) is 3.63. The van der Waals surface area contributed by atoms with Crippen LogP contribution in [0.25, 0.3) is 42.7 Å². The second kappa shape index (κ2) is 11.3. The van der Waals surface area contributed by atoms with Crippen molar-refractivity contribution in [3.8, 4) is 22.5 Å². The summed E-state index contributed by atoms with van der Waals surface area (Å²) in [5.74, 6) is 0. The molecular weight excluding hydrogens is 637 g/mol. The van der Waals surface area contributed by atoms with Gasteiger partial charge in [-0.2, -0.15) is 11.3 Å². The van der Waals surface area contributed by atoms with E-state index in [2.05, 4.69) is 73.2 Å². The average Bonchev–Trinajstić information content (AvgIpc) is 3.28. The van der Waals surface area contributed by atoms with E-state index in [1.807, 2.05) is 78.2 Å². The number of hydrogen-bond acceptors (Lipinski definition) is 3. The van der Waals surface area contributed by atoms with Gasteiger partial charge in [0.15, 0.2) is 0 Å². The summed E-state index contributed by atoms with van der Waals surface area (Å²) < 4.78 is 2.59. The van der Waals surface area contributed by atoms with Crippen molar-refractivity contribution >= 4 is 31.5 Å². The van der Waals surface area contributed by atoms with Crippen molar-refractivity contribution in [2.75, 3.05) is 0 Å². The number of rotatable bonds is 2. The molecule has 0 saturated carbocycles. The van der Waals surface area contributed by atoms with Gasteiger partial charge in [-0.25, -0.2) is 0 Å². The molecule has 181 valence electrons. The standard InChI is InChI=1S/C21H18NS.C11H8N.Ir/c1-21(2,3)14-10-11-19-17(13-14)15-7-6-8-16(20(15)23-19)18-9-4-5-12-22-18;1-2-6-10(7-3-1)11-8-4-5-9-12-11;/h4-7,9-13H,1-3H3;1-6,8-9H;/q2*-1;. The minimum Gasteiger partial charge on any atom is -0.305 e. The fourth-order valence-corrected chi connectivity index (χ4v) is 5.17. The first kappa shape index (κ1) is 25.9. The first-order valence-electron chi connectivity index (χ1n) is 11.7. The average molecular weight is 663 g/mol. The van der Waals surface area contributed by atoms with Crippen LogP contribution in [0.3, 0.4) is 0 Å². The third-order valence-corrected chi connectivity index (χ3v) is 7.07. The van der Waals surface area contributed by atoms with E-state index in [9.17, 15) is 0 Å². The smallest absolute Gasteiger partial charge is 0.0239 e. The summed E-state index contributed by atoms with van der Waals surface area (Å²) >= 11 is 1.83. The molecule has 6 rings (SSSR count). The molecule has 36 heavy (non-hydrogen) atoms. The summed E-state index contributed by atoms with van der Waals surface area (Å²) in [6.45, 7) is 6.78. The van der Waals surface area contributed by atoms with E-state index in [0.717, 1.165) is 22.5 Å². The van der Waals surface area contributed by atoms with Gasteiger partial charge in [0.1, 0.15) is 0 Å². The zero-order valence-electron chi connectivity index (χ0n) is 20.5. The molecule has 0 unspecified atom stereocenters. The fourth-order valence-electron chi connectivity index (χ4n) is 3.98. The molecule has 2 nitrogen and oxygen atoms in total. The van der Waals surface area contributed by atoms with Gasteiger partial charge >= 0.3 is 0 Å². The van der Waals surface area contributed by atoms with E-state index in [0.29, 0.717) is 0 Å². The number of aromatic nitrogens is 2. The van der Waals surface area contributed by atoms with Gasteiger partial charge < -0.3 is 9.97 Å². The molecule has 0 aliphatic carbocycles. The maximum atomic E-state index is 4.50. The van der Waals surface area contributed by atoms with Gasteiger partial charge in [-0.15, -0.1) is 59.7 Å². The normalized spacial score (nSPS) is 11.0. The van der Waals surface area contributed by atoms with Crippen molar-refractivity contribution in [2.45, 2.75) is 26.2 Å². The topological polar surface area (TPSA) is 25.8 Å². The molecule has 0 saturated heterocycles. The van der Waals surface area contributed by atoms with Crippen molar-refractivity contribution in [1.29, 1.82) is 0 Å². The largest absolute Gasteiger partial charge is 0.305 e. The summed E-state index contributed by atoms with van der Waals surface area (Å²) in [5, 5.41) is 2.64. The van der Waals surface area contributed by atoms with Crippen LogP contribution in [0.5, 0.6) is 0 Å². The van der Waals surface area contributed by atoms with Crippen molar-refractivity contribution < 1.29 is 20.1 Å². The Hall–Kier alpha value is -3.17. The molecule has 0 fully saturated rings. The molecule has 0 bridgehead atoms. The second-order valence-corrected chi connectivity index (χ2v) is 10.4. The Morgan fingerprint density at radius 2 is 1.42 bits per heavy atom. The van der Waals surface area contributed by atoms with Gasteiger partial charge in [-0.3, -0.25) is 0 Å². The molecule has 0 spiro atoms. The van der Waals surface area contributed by atoms with Crippen LogP contribution in [0.4, 0.5) is 0 Å². The molecular formula is C32H26IrN2S-2. The predicted molar refractivity (Wildman–Crippen MR) is 149 cm³/mol. The number of pyridine rings is 2. The Morgan fingerprint density at radius 3 is 2.06 bits per heavy atom. The van der Waals surface area contributed by atoms with Gasteiger partial charge in [0, 0.05) is 37.2 Å². The molecule has 0 N–H and O–H groups in total. The minimum absolute atomic E-state index is 0. The number of nitrogens with zero attached hydrogens (tertiary/aromatic N) is 2. The third-order valence-electron chi connectivity index (χ3n) is 5.87. The minimum atomic E-state index is 0. The van der Waals surface area contributed by atoms with Crippen LogP contribution >= 0.6 is 11.3 Å². The molecule has 1 radical (unpaired) electrons. The molecule has 0 atom stereocenters. The second-order valence-electron chi connectivity index (χ2n) is 9.36. The van der Waals surface area contributed by atoms with Gasteiger partial charge in [-0.05, 0) is 50.7 Å². The monoisotopic (exact) mass is 663 g/mol. The quantitative estimate of drug-likeness (QED) is 0.173. The van der Waals surface area contributed by atoms with E-state index in [4.69, 9.17) is 0 Å².